The van der Waals surface area contributed by atoms with Crippen LogP contribution in [0, 0.1) is 11.8 Å². The monoisotopic (exact) mass is 351 g/mol. The summed E-state index contributed by atoms with van der Waals surface area (Å²) in [7, 11) is 0. The Labute approximate surface area is 160 Å². The summed E-state index contributed by atoms with van der Waals surface area (Å²) in [6, 6.07) is 28.2. The predicted octanol–water partition coefficient (Wildman–Crippen LogP) is 4.95. The number of amides is 1. The maximum atomic E-state index is 13.0. The van der Waals surface area contributed by atoms with Crippen molar-refractivity contribution in [3.8, 4) is 11.8 Å². The van der Waals surface area contributed by atoms with Crippen molar-refractivity contribution in [2.45, 2.75) is 24.7 Å². The average molecular weight is 351 g/mol. The molecule has 2 nitrogen and oxygen atoms in total. The minimum atomic E-state index is -0.603. The molecule has 0 aliphatic carbocycles. The van der Waals surface area contributed by atoms with E-state index in [0.717, 1.165) is 29.7 Å². The molecule has 0 saturated heterocycles. The summed E-state index contributed by atoms with van der Waals surface area (Å²) in [5.41, 5.74) is 3.59. The zero-order chi connectivity index (χ0) is 18.5. The molecular formula is C25H21NO. The van der Waals surface area contributed by atoms with Gasteiger partial charge in [0.15, 0.2) is 0 Å². The lowest BCUT2D eigenvalue weighted by Gasteiger charge is -2.25. The Balaban J connectivity index is 1.66. The van der Waals surface area contributed by atoms with Gasteiger partial charge in [0, 0.05) is 17.7 Å². The molecule has 0 fully saturated rings. The number of aryl methyl sites for hydroxylation is 1. The van der Waals surface area contributed by atoms with Crippen LogP contribution in [0.4, 0.5) is 5.69 Å². The summed E-state index contributed by atoms with van der Waals surface area (Å²) in [5.74, 6) is 6.55. The van der Waals surface area contributed by atoms with Crippen molar-refractivity contribution < 1.29 is 4.79 Å². The number of fused-ring (bicyclic) bond motifs is 1. The minimum Gasteiger partial charge on any atom is -0.325 e. The second-order valence-electron chi connectivity index (χ2n) is 6.91. The number of carbonyl (C=O) groups is 1. The molecule has 1 aliphatic heterocycles. The third-order valence-electron chi connectivity index (χ3n) is 5.21. The van der Waals surface area contributed by atoms with Gasteiger partial charge >= 0.3 is 0 Å². The predicted molar refractivity (Wildman–Crippen MR) is 109 cm³/mol. The highest BCUT2D eigenvalue weighted by molar-refractivity contribution is 6.06. The van der Waals surface area contributed by atoms with Gasteiger partial charge < -0.3 is 5.32 Å². The Hall–Kier alpha value is -3.31. The second kappa shape index (κ2) is 7.51. The highest BCUT2D eigenvalue weighted by Crippen LogP contribution is 2.43. The Bertz CT molecular complexity index is 998. The van der Waals surface area contributed by atoms with E-state index in [9.17, 15) is 4.79 Å². The van der Waals surface area contributed by atoms with Crippen LogP contribution in [0.15, 0.2) is 84.9 Å². The fourth-order valence-corrected chi connectivity index (χ4v) is 3.71. The summed E-state index contributed by atoms with van der Waals surface area (Å²) in [6.45, 7) is 0. The van der Waals surface area contributed by atoms with E-state index in [1.165, 1.54) is 5.56 Å². The molecule has 1 amide bonds. The molecule has 0 aromatic heterocycles. The Kier molecular flexibility index (Phi) is 4.77. The van der Waals surface area contributed by atoms with Crippen LogP contribution in [0.2, 0.25) is 0 Å². The van der Waals surface area contributed by atoms with E-state index < -0.39 is 5.41 Å². The zero-order valence-corrected chi connectivity index (χ0v) is 15.1. The van der Waals surface area contributed by atoms with Crippen LogP contribution in [0.5, 0.6) is 0 Å². The molecule has 0 unspecified atom stereocenters. The van der Waals surface area contributed by atoms with Crippen LogP contribution < -0.4 is 5.32 Å². The van der Waals surface area contributed by atoms with Crippen molar-refractivity contribution in [3.63, 3.8) is 0 Å². The first-order valence-electron chi connectivity index (χ1n) is 9.27. The molecular weight excluding hydrogens is 330 g/mol. The van der Waals surface area contributed by atoms with E-state index in [2.05, 4.69) is 35.4 Å². The van der Waals surface area contributed by atoms with Gasteiger partial charge in [-0.3, -0.25) is 4.79 Å². The van der Waals surface area contributed by atoms with Crippen molar-refractivity contribution >= 4 is 11.6 Å². The van der Waals surface area contributed by atoms with Crippen LogP contribution in [-0.2, 0) is 16.6 Å². The lowest BCUT2D eigenvalue weighted by atomic mass is 9.74. The first kappa shape index (κ1) is 17.1. The smallest absolute Gasteiger partial charge is 0.236 e. The van der Waals surface area contributed by atoms with Crippen LogP contribution in [0.25, 0.3) is 0 Å². The molecule has 4 rings (SSSR count). The topological polar surface area (TPSA) is 29.1 Å². The molecule has 3 aromatic carbocycles. The molecule has 2 heteroatoms. The van der Waals surface area contributed by atoms with Gasteiger partial charge in [0.1, 0.15) is 0 Å². The number of benzene rings is 3. The van der Waals surface area contributed by atoms with Crippen molar-refractivity contribution in [1.29, 1.82) is 0 Å². The minimum absolute atomic E-state index is 0.0574. The number of anilines is 1. The summed E-state index contributed by atoms with van der Waals surface area (Å²) >= 11 is 0. The van der Waals surface area contributed by atoms with Crippen molar-refractivity contribution in [2.75, 3.05) is 5.32 Å². The molecule has 1 aliphatic rings. The first-order chi connectivity index (χ1) is 13.3. The van der Waals surface area contributed by atoms with Crippen molar-refractivity contribution in [2.24, 2.45) is 0 Å². The number of carbonyl (C=O) groups excluding carboxylic acids is 1. The highest BCUT2D eigenvalue weighted by atomic mass is 16.2. The van der Waals surface area contributed by atoms with Gasteiger partial charge in [-0.25, -0.2) is 0 Å². The van der Waals surface area contributed by atoms with Crippen LogP contribution in [0.1, 0.15) is 29.5 Å². The molecule has 3 aromatic rings. The highest BCUT2D eigenvalue weighted by Gasteiger charge is 2.45. The van der Waals surface area contributed by atoms with E-state index in [0.29, 0.717) is 6.42 Å². The molecule has 0 radical (unpaired) electrons. The SMILES string of the molecule is O=C1Nc2ccccc2[C@]1(CC#Cc1ccccc1)CCc1ccccc1. The van der Waals surface area contributed by atoms with Gasteiger partial charge in [0.2, 0.25) is 5.91 Å². The van der Waals surface area contributed by atoms with Crippen LogP contribution in [-0.4, -0.2) is 5.91 Å². The summed E-state index contributed by atoms with van der Waals surface area (Å²) in [6.07, 6.45) is 2.09. The van der Waals surface area contributed by atoms with Gasteiger partial charge in [-0.2, -0.15) is 0 Å². The van der Waals surface area contributed by atoms with Gasteiger partial charge in [-0.1, -0.05) is 78.6 Å². The maximum absolute atomic E-state index is 13.0. The lowest BCUT2D eigenvalue weighted by Crippen LogP contribution is -2.34. The van der Waals surface area contributed by atoms with Crippen LogP contribution >= 0.6 is 0 Å². The van der Waals surface area contributed by atoms with Crippen molar-refractivity contribution in [3.05, 3.63) is 102 Å². The normalized spacial score (nSPS) is 17.6. The lowest BCUT2D eigenvalue weighted by molar-refractivity contribution is -0.120. The Morgan fingerprint density at radius 3 is 2.26 bits per heavy atom. The average Bonchev–Trinajstić information content (AvgIpc) is 3.00. The number of rotatable bonds is 4. The Morgan fingerprint density at radius 2 is 1.48 bits per heavy atom. The summed E-state index contributed by atoms with van der Waals surface area (Å²) in [5, 5.41) is 3.07. The van der Waals surface area contributed by atoms with Gasteiger partial charge in [0.25, 0.3) is 0 Å². The summed E-state index contributed by atoms with van der Waals surface area (Å²) < 4.78 is 0. The number of para-hydroxylation sites is 1. The quantitative estimate of drug-likeness (QED) is 0.662. The van der Waals surface area contributed by atoms with E-state index in [4.69, 9.17) is 0 Å². The molecule has 27 heavy (non-hydrogen) atoms. The van der Waals surface area contributed by atoms with Gasteiger partial charge in [-0.15, -0.1) is 0 Å². The van der Waals surface area contributed by atoms with Crippen molar-refractivity contribution in [1.82, 2.24) is 0 Å². The van der Waals surface area contributed by atoms with E-state index >= 15 is 0 Å². The third kappa shape index (κ3) is 3.50. The van der Waals surface area contributed by atoms with E-state index in [1.54, 1.807) is 0 Å². The van der Waals surface area contributed by atoms with E-state index in [1.807, 2.05) is 66.7 Å². The number of hydrogen-bond donors (Lipinski definition) is 1. The molecule has 1 heterocycles. The van der Waals surface area contributed by atoms with Gasteiger partial charge in [-0.05, 0) is 42.2 Å². The largest absolute Gasteiger partial charge is 0.325 e. The standard InChI is InChI=1S/C25H21NO/c27-24-25(19-17-21-12-5-2-6-13-21,22-15-7-8-16-23(22)26-24)18-9-14-20-10-3-1-4-11-20/h1-8,10-13,15-16H,17-19H2,(H,26,27)/t25-/m0/s1. The molecule has 132 valence electrons. The number of hydrogen-bond acceptors (Lipinski definition) is 1. The zero-order valence-electron chi connectivity index (χ0n) is 15.1. The molecule has 1 N–H and O–H groups in total. The molecule has 1 atom stereocenters. The first-order valence-corrected chi connectivity index (χ1v) is 9.27. The third-order valence-corrected chi connectivity index (χ3v) is 5.21. The summed E-state index contributed by atoms with van der Waals surface area (Å²) in [4.78, 5) is 13.0. The fraction of sp³-hybridized carbons (Fsp3) is 0.160. The Morgan fingerprint density at radius 1 is 0.815 bits per heavy atom. The fourth-order valence-electron chi connectivity index (χ4n) is 3.71. The molecule has 0 saturated carbocycles. The molecule has 0 bridgehead atoms. The second-order valence-corrected chi connectivity index (χ2v) is 6.91. The van der Waals surface area contributed by atoms with E-state index in [-0.39, 0.29) is 5.91 Å². The van der Waals surface area contributed by atoms with Crippen LogP contribution in [0.3, 0.4) is 0 Å². The maximum Gasteiger partial charge on any atom is 0.236 e. The molecule has 0 spiro atoms. The van der Waals surface area contributed by atoms with Gasteiger partial charge in [0.05, 0.1) is 5.41 Å². The number of nitrogens with one attached hydrogen (secondary N) is 1.